The first-order valence-electron chi connectivity index (χ1n) is 4.84. The molecule has 2 aliphatic heterocycles. The van der Waals surface area contributed by atoms with Gasteiger partial charge in [0.2, 0.25) is 10.1 Å². The third kappa shape index (κ3) is 2.65. The molecule has 2 rings (SSSR count). The highest BCUT2D eigenvalue weighted by molar-refractivity contribution is 6.67. The number of aliphatic hydroxyl groups excluding tert-OH is 3. The van der Waals surface area contributed by atoms with Gasteiger partial charge in [-0.1, -0.05) is 34.8 Å². The number of rotatable bonds is 2. The van der Waals surface area contributed by atoms with E-state index in [2.05, 4.69) is 0 Å². The van der Waals surface area contributed by atoms with Gasteiger partial charge in [0.15, 0.2) is 6.29 Å². The van der Waals surface area contributed by atoms with E-state index in [9.17, 15) is 10.2 Å². The van der Waals surface area contributed by atoms with E-state index in [1.165, 1.54) is 0 Å². The lowest BCUT2D eigenvalue weighted by atomic mass is 10.1. The molecule has 0 aromatic rings. The van der Waals surface area contributed by atoms with Crippen LogP contribution in [0.2, 0.25) is 0 Å². The first-order valence-corrected chi connectivity index (χ1v) is 5.98. The highest BCUT2D eigenvalue weighted by Gasteiger charge is 2.57. The minimum absolute atomic E-state index is 0.547. The maximum Gasteiger partial charge on any atom is 0.241 e. The Bertz CT molecular complexity index is 285. The molecule has 3 N–H and O–H groups in total. The number of hydrogen-bond donors (Lipinski definition) is 3. The topological polar surface area (TPSA) is 88.4 Å². The van der Waals surface area contributed by atoms with Crippen molar-refractivity contribution in [2.24, 2.45) is 0 Å². The minimum Gasteiger partial charge on any atom is -0.394 e. The summed E-state index contributed by atoms with van der Waals surface area (Å²) in [5, 5.41) is 28.0. The number of halogens is 3. The predicted molar refractivity (Wildman–Crippen MR) is 57.8 cm³/mol. The van der Waals surface area contributed by atoms with Crippen molar-refractivity contribution in [1.29, 1.82) is 0 Å². The molecule has 0 bridgehead atoms. The van der Waals surface area contributed by atoms with Crippen LogP contribution in [0.5, 0.6) is 0 Å². The maximum atomic E-state index is 9.81. The van der Waals surface area contributed by atoms with E-state index in [4.69, 9.17) is 54.1 Å². The Balaban J connectivity index is 2.01. The molecule has 17 heavy (non-hydrogen) atoms. The summed E-state index contributed by atoms with van der Waals surface area (Å²) in [5.41, 5.74) is 0. The standard InChI is InChI=1S/C8H11Cl3O6/c9-8(10,11)7-16-5-3(14)4(2(13)1-12)15-6(5)17-7/h2-7,12-14H,1H2/t2-,3+,4+,5-,6-,7+/m1/s1. The van der Waals surface area contributed by atoms with Crippen LogP contribution in [-0.4, -0.2) is 62.7 Å². The van der Waals surface area contributed by atoms with Gasteiger partial charge >= 0.3 is 0 Å². The van der Waals surface area contributed by atoms with Gasteiger partial charge in [-0.3, -0.25) is 0 Å². The lowest BCUT2D eigenvalue weighted by Gasteiger charge is -2.24. The molecule has 0 amide bonds. The minimum atomic E-state index is -1.79. The number of alkyl halides is 3. The highest BCUT2D eigenvalue weighted by atomic mass is 35.6. The van der Waals surface area contributed by atoms with Gasteiger partial charge in [-0.25, -0.2) is 0 Å². The first kappa shape index (κ1) is 14.0. The largest absolute Gasteiger partial charge is 0.394 e. The fourth-order valence-electron chi connectivity index (χ4n) is 1.79. The maximum absolute atomic E-state index is 9.81. The molecule has 0 spiro atoms. The normalized spacial score (nSPS) is 43.8. The van der Waals surface area contributed by atoms with Crippen LogP contribution in [0.1, 0.15) is 0 Å². The molecule has 0 aliphatic carbocycles. The fourth-order valence-corrected chi connectivity index (χ4v) is 2.10. The van der Waals surface area contributed by atoms with Gasteiger partial charge in [-0.2, -0.15) is 0 Å². The number of aliphatic hydroxyl groups is 3. The molecular formula is C8H11Cl3O6. The summed E-state index contributed by atoms with van der Waals surface area (Å²) in [5.74, 6) is 0. The zero-order valence-corrected chi connectivity index (χ0v) is 10.6. The lowest BCUT2D eigenvalue weighted by Crippen LogP contribution is -2.42. The lowest BCUT2D eigenvalue weighted by molar-refractivity contribution is -0.188. The van der Waals surface area contributed by atoms with Crippen molar-refractivity contribution in [3.8, 4) is 0 Å². The SMILES string of the molecule is OC[C@@H](O)[C@@H]1O[C@@H]2O[C@@H](C(Cl)(Cl)Cl)O[C@@H]2[C@H]1O. The van der Waals surface area contributed by atoms with Crippen molar-refractivity contribution in [1.82, 2.24) is 0 Å². The Hall–Kier alpha value is 0.630. The molecule has 9 heteroatoms. The molecule has 6 nitrogen and oxygen atoms in total. The summed E-state index contributed by atoms with van der Waals surface area (Å²) in [6, 6.07) is 0. The van der Waals surface area contributed by atoms with Crippen molar-refractivity contribution in [3.05, 3.63) is 0 Å². The van der Waals surface area contributed by atoms with Crippen molar-refractivity contribution < 1.29 is 29.5 Å². The molecule has 2 aliphatic rings. The van der Waals surface area contributed by atoms with Crippen LogP contribution < -0.4 is 0 Å². The van der Waals surface area contributed by atoms with Crippen molar-refractivity contribution in [3.63, 3.8) is 0 Å². The van der Waals surface area contributed by atoms with Gasteiger partial charge in [0.25, 0.3) is 0 Å². The molecule has 6 atom stereocenters. The van der Waals surface area contributed by atoms with E-state index in [0.29, 0.717) is 0 Å². The second-order valence-corrected chi connectivity index (χ2v) is 6.19. The van der Waals surface area contributed by atoms with E-state index in [0.717, 1.165) is 0 Å². The molecule has 0 aromatic heterocycles. The van der Waals surface area contributed by atoms with Crippen molar-refractivity contribution >= 4 is 34.8 Å². The van der Waals surface area contributed by atoms with Crippen LogP contribution in [0.4, 0.5) is 0 Å². The van der Waals surface area contributed by atoms with Crippen LogP contribution in [0.15, 0.2) is 0 Å². The van der Waals surface area contributed by atoms with Gasteiger partial charge in [0.05, 0.1) is 6.61 Å². The van der Waals surface area contributed by atoms with Crippen LogP contribution >= 0.6 is 34.8 Å². The van der Waals surface area contributed by atoms with Crippen LogP contribution in [0.25, 0.3) is 0 Å². The Kier molecular flexibility index (Phi) is 4.10. The summed E-state index contributed by atoms with van der Waals surface area (Å²) < 4.78 is 13.8. The van der Waals surface area contributed by atoms with Crippen LogP contribution in [-0.2, 0) is 14.2 Å². The summed E-state index contributed by atoms with van der Waals surface area (Å²) >= 11 is 16.7. The van der Waals surface area contributed by atoms with E-state index in [-0.39, 0.29) is 0 Å². The highest BCUT2D eigenvalue weighted by Crippen LogP contribution is 2.42. The predicted octanol–water partition coefficient (Wildman–Crippen LogP) is -0.463. The fraction of sp³-hybridized carbons (Fsp3) is 1.00. The van der Waals surface area contributed by atoms with Gasteiger partial charge in [-0.05, 0) is 0 Å². The van der Waals surface area contributed by atoms with Crippen LogP contribution in [0, 0.1) is 0 Å². The molecule has 0 unspecified atom stereocenters. The molecule has 2 saturated heterocycles. The summed E-state index contributed by atoms with van der Waals surface area (Å²) in [6.45, 7) is -0.547. The number of ether oxygens (including phenoxy) is 3. The second-order valence-electron chi connectivity index (χ2n) is 3.82. The van der Waals surface area contributed by atoms with Crippen molar-refractivity contribution in [2.45, 2.75) is 40.8 Å². The Morgan fingerprint density at radius 1 is 1.18 bits per heavy atom. The second kappa shape index (κ2) is 4.96. The van der Waals surface area contributed by atoms with E-state index < -0.39 is 47.4 Å². The Labute approximate surface area is 112 Å². The molecule has 0 saturated carbocycles. The molecule has 2 heterocycles. The van der Waals surface area contributed by atoms with E-state index in [1.807, 2.05) is 0 Å². The van der Waals surface area contributed by atoms with Gasteiger partial charge < -0.3 is 29.5 Å². The van der Waals surface area contributed by atoms with E-state index in [1.54, 1.807) is 0 Å². The van der Waals surface area contributed by atoms with Gasteiger partial charge in [-0.15, -0.1) is 0 Å². The number of fused-ring (bicyclic) bond motifs is 1. The third-order valence-electron chi connectivity index (χ3n) is 2.60. The monoisotopic (exact) mass is 308 g/mol. The average molecular weight is 310 g/mol. The molecular weight excluding hydrogens is 298 g/mol. The van der Waals surface area contributed by atoms with Crippen molar-refractivity contribution in [2.75, 3.05) is 6.61 Å². The zero-order valence-electron chi connectivity index (χ0n) is 8.37. The first-order chi connectivity index (χ1) is 7.84. The van der Waals surface area contributed by atoms with Gasteiger partial charge in [0, 0.05) is 0 Å². The Morgan fingerprint density at radius 2 is 1.82 bits per heavy atom. The smallest absolute Gasteiger partial charge is 0.241 e. The van der Waals surface area contributed by atoms with Crippen LogP contribution in [0.3, 0.4) is 0 Å². The van der Waals surface area contributed by atoms with E-state index >= 15 is 0 Å². The third-order valence-corrected chi connectivity index (χ3v) is 3.14. The summed E-state index contributed by atoms with van der Waals surface area (Å²) in [4.78, 5) is 0. The molecule has 0 radical (unpaired) electrons. The zero-order chi connectivity index (χ0) is 12.8. The van der Waals surface area contributed by atoms with Gasteiger partial charge in [0.1, 0.15) is 24.4 Å². The average Bonchev–Trinajstić information content (AvgIpc) is 2.77. The molecule has 2 fully saturated rings. The molecule has 0 aromatic carbocycles. The molecule has 100 valence electrons. The summed E-state index contributed by atoms with van der Waals surface area (Å²) in [6.07, 6.45) is -6.33. The number of hydrogen-bond acceptors (Lipinski definition) is 6. The summed E-state index contributed by atoms with van der Waals surface area (Å²) in [7, 11) is 0. The quantitative estimate of drug-likeness (QED) is 0.598. The Morgan fingerprint density at radius 3 is 2.29 bits per heavy atom.